The first kappa shape index (κ1) is 22.2. The van der Waals surface area contributed by atoms with Crippen LogP contribution in [0.5, 0.6) is 11.5 Å². The van der Waals surface area contributed by atoms with Gasteiger partial charge in [0.15, 0.2) is 11.5 Å². The predicted octanol–water partition coefficient (Wildman–Crippen LogP) is 3.70. The van der Waals surface area contributed by atoms with Crippen molar-refractivity contribution in [2.45, 2.75) is 36.4 Å². The zero-order valence-corrected chi connectivity index (χ0v) is 18.7. The zero-order chi connectivity index (χ0) is 24.3. The average molecular weight is 487 g/mol. The molecule has 2 heterocycles. The van der Waals surface area contributed by atoms with Crippen molar-refractivity contribution in [1.82, 2.24) is 4.98 Å². The van der Waals surface area contributed by atoms with E-state index in [0.29, 0.717) is 35.5 Å². The number of carbonyl (C=O) groups excluding carboxylic acids is 1. The topological polar surface area (TPSA) is 121 Å². The van der Waals surface area contributed by atoms with Crippen molar-refractivity contribution in [3.8, 4) is 22.8 Å². The van der Waals surface area contributed by atoms with Gasteiger partial charge in [-0.15, -0.1) is 8.78 Å². The van der Waals surface area contributed by atoms with E-state index in [-0.39, 0.29) is 22.3 Å². The van der Waals surface area contributed by atoms with E-state index in [1.807, 2.05) is 6.92 Å². The fourth-order valence-electron chi connectivity index (χ4n) is 3.95. The molecule has 3 N–H and O–H groups in total. The normalized spacial score (nSPS) is 17.3. The molecule has 1 aliphatic heterocycles. The van der Waals surface area contributed by atoms with Gasteiger partial charge >= 0.3 is 6.29 Å². The summed E-state index contributed by atoms with van der Waals surface area (Å²) in [5.41, 5.74) is 1.71. The number of carbonyl (C=O) groups is 1. The molecule has 0 atom stereocenters. The molecule has 0 spiro atoms. The van der Waals surface area contributed by atoms with E-state index in [4.69, 9.17) is 5.14 Å². The molecule has 8 nitrogen and oxygen atoms in total. The molecule has 11 heteroatoms. The molecule has 2 aliphatic rings. The number of hydrogen-bond donors (Lipinski definition) is 2. The molecular formula is C23H19F2N3O5S. The third-order valence-electron chi connectivity index (χ3n) is 5.93. The highest BCUT2D eigenvalue weighted by Gasteiger charge is 2.53. The summed E-state index contributed by atoms with van der Waals surface area (Å²) in [5, 5.41) is 7.96. The van der Waals surface area contributed by atoms with Crippen LogP contribution in [-0.4, -0.2) is 25.6 Å². The molecule has 0 saturated heterocycles. The van der Waals surface area contributed by atoms with Gasteiger partial charge in [-0.05, 0) is 61.2 Å². The lowest BCUT2D eigenvalue weighted by Crippen LogP contribution is -2.28. The quantitative estimate of drug-likeness (QED) is 0.566. The Kier molecular flexibility index (Phi) is 4.88. The number of aryl methyl sites for hydroxylation is 1. The van der Waals surface area contributed by atoms with Crippen molar-refractivity contribution in [1.29, 1.82) is 0 Å². The number of primary sulfonamides is 1. The van der Waals surface area contributed by atoms with Gasteiger partial charge in [-0.2, -0.15) is 0 Å². The minimum absolute atomic E-state index is 0.0180. The standard InChI is InChI=1S/C23H19F2N3O5S/c1-13-2-9-19(27-20(13)14-3-6-16(7-4-14)34(26,30)31)28-21(29)22(10-11-22)15-5-8-17-18(12-15)33-23(24,25)32-17/h2-9,12H,10-11H2,1H3,(H2,26,30,31)(H,27,28,29). The number of nitrogens with two attached hydrogens (primary N) is 1. The SMILES string of the molecule is Cc1ccc(NC(=O)C2(c3ccc4c(c3)OC(F)(F)O4)CC2)nc1-c1ccc(S(N)(=O)=O)cc1. The number of amides is 1. The van der Waals surface area contributed by atoms with Crippen molar-refractivity contribution in [3.63, 3.8) is 0 Å². The summed E-state index contributed by atoms with van der Waals surface area (Å²) in [6, 6.07) is 13.8. The van der Waals surface area contributed by atoms with Crippen LogP contribution < -0.4 is 19.9 Å². The predicted molar refractivity (Wildman–Crippen MR) is 118 cm³/mol. The maximum Gasteiger partial charge on any atom is 0.586 e. The maximum atomic E-state index is 13.3. The van der Waals surface area contributed by atoms with Crippen LogP contribution in [0, 0.1) is 6.92 Å². The number of nitrogens with zero attached hydrogens (tertiary/aromatic N) is 1. The third kappa shape index (κ3) is 3.97. The van der Waals surface area contributed by atoms with Crippen LogP contribution >= 0.6 is 0 Å². The van der Waals surface area contributed by atoms with Gasteiger partial charge in [-0.1, -0.05) is 24.3 Å². The minimum Gasteiger partial charge on any atom is -0.395 e. The van der Waals surface area contributed by atoms with E-state index in [9.17, 15) is 22.0 Å². The van der Waals surface area contributed by atoms with Gasteiger partial charge in [-0.25, -0.2) is 18.5 Å². The molecule has 1 aromatic heterocycles. The van der Waals surface area contributed by atoms with E-state index in [0.717, 1.165) is 5.56 Å². The fourth-order valence-corrected chi connectivity index (χ4v) is 4.46. The molecule has 1 amide bonds. The summed E-state index contributed by atoms with van der Waals surface area (Å²) < 4.78 is 58.6. The lowest BCUT2D eigenvalue weighted by atomic mass is 9.94. The highest BCUT2D eigenvalue weighted by Crippen LogP contribution is 2.52. The molecule has 0 bridgehead atoms. The van der Waals surface area contributed by atoms with Gasteiger partial charge in [0.1, 0.15) is 5.82 Å². The molecule has 1 fully saturated rings. The number of fused-ring (bicyclic) bond motifs is 1. The van der Waals surface area contributed by atoms with Gasteiger partial charge in [0.25, 0.3) is 0 Å². The highest BCUT2D eigenvalue weighted by atomic mass is 32.2. The number of sulfonamides is 1. The number of ether oxygens (including phenoxy) is 2. The van der Waals surface area contributed by atoms with Crippen LogP contribution in [0.4, 0.5) is 14.6 Å². The number of halogens is 2. The first-order chi connectivity index (χ1) is 16.0. The number of nitrogens with one attached hydrogen (secondary N) is 1. The molecule has 2 aromatic carbocycles. The lowest BCUT2D eigenvalue weighted by Gasteiger charge is -2.17. The van der Waals surface area contributed by atoms with Crippen LogP contribution in [0.15, 0.2) is 59.5 Å². The molecular weight excluding hydrogens is 468 g/mol. The molecule has 1 saturated carbocycles. The molecule has 34 heavy (non-hydrogen) atoms. The summed E-state index contributed by atoms with van der Waals surface area (Å²) in [4.78, 5) is 17.7. The van der Waals surface area contributed by atoms with E-state index in [2.05, 4.69) is 19.8 Å². The number of rotatable bonds is 5. The zero-order valence-electron chi connectivity index (χ0n) is 17.8. The molecule has 5 rings (SSSR count). The Morgan fingerprint density at radius 3 is 2.35 bits per heavy atom. The second-order valence-electron chi connectivity index (χ2n) is 8.30. The van der Waals surface area contributed by atoms with E-state index in [1.165, 1.54) is 24.3 Å². The number of aromatic nitrogens is 1. The van der Waals surface area contributed by atoms with Crippen molar-refractivity contribution < 1.29 is 31.5 Å². The first-order valence-corrected chi connectivity index (χ1v) is 11.8. The lowest BCUT2D eigenvalue weighted by molar-refractivity contribution is -0.286. The molecule has 3 aromatic rings. The Labute approximate surface area is 193 Å². The van der Waals surface area contributed by atoms with Crippen LogP contribution in [0.25, 0.3) is 11.3 Å². The minimum atomic E-state index is -3.82. The van der Waals surface area contributed by atoms with E-state index < -0.39 is 21.7 Å². The first-order valence-electron chi connectivity index (χ1n) is 10.3. The second kappa shape index (κ2) is 7.47. The van der Waals surface area contributed by atoms with Gasteiger partial charge in [0.05, 0.1) is 16.0 Å². The summed E-state index contributed by atoms with van der Waals surface area (Å²) >= 11 is 0. The number of benzene rings is 2. The number of hydrogen-bond acceptors (Lipinski definition) is 6. The van der Waals surface area contributed by atoms with Gasteiger partial charge in [-0.3, -0.25) is 4.79 Å². The Morgan fingerprint density at radius 2 is 1.71 bits per heavy atom. The summed E-state index contributed by atoms with van der Waals surface area (Å²) in [5.74, 6) is -0.201. The smallest absolute Gasteiger partial charge is 0.395 e. The summed E-state index contributed by atoms with van der Waals surface area (Å²) in [7, 11) is -3.82. The van der Waals surface area contributed by atoms with Crippen LogP contribution in [-0.2, 0) is 20.2 Å². The number of anilines is 1. The Balaban J connectivity index is 1.39. The fraction of sp³-hybridized carbons (Fsp3) is 0.217. The van der Waals surface area contributed by atoms with Crippen LogP contribution in [0.1, 0.15) is 24.0 Å². The monoisotopic (exact) mass is 487 g/mol. The number of alkyl halides is 2. The second-order valence-corrected chi connectivity index (χ2v) is 9.86. The van der Waals surface area contributed by atoms with Crippen LogP contribution in [0.2, 0.25) is 0 Å². The highest BCUT2D eigenvalue weighted by molar-refractivity contribution is 7.89. The summed E-state index contributed by atoms with van der Waals surface area (Å²) in [6.07, 6.45) is -2.64. The molecule has 176 valence electrons. The maximum absolute atomic E-state index is 13.3. The number of pyridine rings is 1. The molecule has 0 unspecified atom stereocenters. The average Bonchev–Trinajstić information content (AvgIpc) is 3.52. The van der Waals surface area contributed by atoms with Crippen LogP contribution in [0.3, 0.4) is 0 Å². The molecule has 0 radical (unpaired) electrons. The Hall–Kier alpha value is -3.57. The van der Waals surface area contributed by atoms with E-state index in [1.54, 1.807) is 30.3 Å². The third-order valence-corrected chi connectivity index (χ3v) is 6.86. The van der Waals surface area contributed by atoms with E-state index >= 15 is 0 Å². The summed E-state index contributed by atoms with van der Waals surface area (Å²) in [6.45, 7) is 1.84. The largest absolute Gasteiger partial charge is 0.586 e. The Bertz CT molecular complexity index is 1420. The van der Waals surface area contributed by atoms with Crippen molar-refractivity contribution >= 4 is 21.7 Å². The van der Waals surface area contributed by atoms with Crippen molar-refractivity contribution in [3.05, 3.63) is 65.7 Å². The Morgan fingerprint density at radius 1 is 1.03 bits per heavy atom. The van der Waals surface area contributed by atoms with Crippen molar-refractivity contribution in [2.24, 2.45) is 5.14 Å². The van der Waals surface area contributed by atoms with Gasteiger partial charge in [0.2, 0.25) is 15.9 Å². The van der Waals surface area contributed by atoms with Crippen molar-refractivity contribution in [2.75, 3.05) is 5.32 Å². The molecule has 1 aliphatic carbocycles. The van der Waals surface area contributed by atoms with Gasteiger partial charge in [0, 0.05) is 5.56 Å². The van der Waals surface area contributed by atoms with Gasteiger partial charge < -0.3 is 14.8 Å².